The second-order valence-electron chi connectivity index (χ2n) is 6.01. The molecule has 0 fully saturated rings. The van der Waals surface area contributed by atoms with E-state index in [0.717, 1.165) is 28.3 Å². The molecule has 1 aromatic carbocycles. The number of anilines is 2. The number of aryl methyl sites for hydroxylation is 1. The standard InChI is InChI=1S/C22H18N4O/c1-16-15-17(11-14-23-16)20-5-4-13-25-22(20)27-19-9-7-18(8-10-19)26-21-6-2-3-12-24-21/h2-15H,1H3,(H,24,26). The van der Waals surface area contributed by atoms with Crippen molar-refractivity contribution in [1.82, 2.24) is 15.0 Å². The molecule has 3 heterocycles. The minimum atomic E-state index is 0.563. The molecule has 1 N–H and O–H groups in total. The number of nitrogens with one attached hydrogen (secondary N) is 1. The van der Waals surface area contributed by atoms with Crippen LogP contribution in [0.3, 0.4) is 0 Å². The fraction of sp³-hybridized carbons (Fsp3) is 0.0455. The van der Waals surface area contributed by atoms with Gasteiger partial charge in [0, 0.05) is 35.5 Å². The summed E-state index contributed by atoms with van der Waals surface area (Å²) in [5, 5.41) is 3.25. The molecule has 0 atom stereocenters. The van der Waals surface area contributed by atoms with Gasteiger partial charge in [0.15, 0.2) is 0 Å². The molecule has 3 aromatic heterocycles. The third-order valence-corrected chi connectivity index (χ3v) is 3.98. The van der Waals surface area contributed by atoms with Gasteiger partial charge in [-0.05, 0) is 73.2 Å². The summed E-state index contributed by atoms with van der Waals surface area (Å²) in [6, 6.07) is 21.3. The number of rotatable bonds is 5. The molecule has 4 rings (SSSR count). The van der Waals surface area contributed by atoms with Gasteiger partial charge in [0.25, 0.3) is 0 Å². The van der Waals surface area contributed by atoms with Gasteiger partial charge in [-0.25, -0.2) is 9.97 Å². The van der Waals surface area contributed by atoms with Crippen LogP contribution >= 0.6 is 0 Å². The van der Waals surface area contributed by atoms with Gasteiger partial charge in [0.1, 0.15) is 11.6 Å². The van der Waals surface area contributed by atoms with Crippen molar-refractivity contribution in [2.24, 2.45) is 0 Å². The largest absolute Gasteiger partial charge is 0.438 e. The first kappa shape index (κ1) is 16.7. The average Bonchev–Trinajstić information content (AvgIpc) is 2.71. The van der Waals surface area contributed by atoms with E-state index in [4.69, 9.17) is 4.74 Å². The zero-order chi connectivity index (χ0) is 18.5. The third kappa shape index (κ3) is 4.10. The van der Waals surface area contributed by atoms with E-state index in [-0.39, 0.29) is 0 Å². The fourth-order valence-electron chi connectivity index (χ4n) is 2.71. The normalized spacial score (nSPS) is 10.4. The molecule has 0 aliphatic carbocycles. The van der Waals surface area contributed by atoms with E-state index in [0.29, 0.717) is 11.6 Å². The number of pyridine rings is 3. The Hall–Kier alpha value is -3.73. The fourth-order valence-corrected chi connectivity index (χ4v) is 2.71. The van der Waals surface area contributed by atoms with Gasteiger partial charge in [-0.2, -0.15) is 0 Å². The number of ether oxygens (including phenoxy) is 1. The highest BCUT2D eigenvalue weighted by Gasteiger charge is 2.09. The Morgan fingerprint density at radius 1 is 0.778 bits per heavy atom. The van der Waals surface area contributed by atoms with Gasteiger partial charge < -0.3 is 10.1 Å². The van der Waals surface area contributed by atoms with Gasteiger partial charge in [-0.3, -0.25) is 4.98 Å². The third-order valence-electron chi connectivity index (χ3n) is 3.98. The molecule has 0 bridgehead atoms. The predicted molar refractivity (Wildman–Crippen MR) is 106 cm³/mol. The topological polar surface area (TPSA) is 59.9 Å². The van der Waals surface area contributed by atoms with Crippen LogP contribution < -0.4 is 10.1 Å². The lowest BCUT2D eigenvalue weighted by atomic mass is 10.1. The minimum absolute atomic E-state index is 0.563. The van der Waals surface area contributed by atoms with Crippen LogP contribution in [0.25, 0.3) is 11.1 Å². The highest BCUT2D eigenvalue weighted by molar-refractivity contribution is 5.69. The van der Waals surface area contributed by atoms with E-state index in [9.17, 15) is 0 Å². The van der Waals surface area contributed by atoms with Crippen molar-refractivity contribution in [2.75, 3.05) is 5.32 Å². The molecule has 27 heavy (non-hydrogen) atoms. The zero-order valence-corrected chi connectivity index (χ0v) is 14.8. The minimum Gasteiger partial charge on any atom is -0.438 e. The van der Waals surface area contributed by atoms with E-state index in [1.54, 1.807) is 18.6 Å². The summed E-state index contributed by atoms with van der Waals surface area (Å²) in [6.07, 6.45) is 5.27. The summed E-state index contributed by atoms with van der Waals surface area (Å²) < 4.78 is 6.03. The van der Waals surface area contributed by atoms with E-state index in [1.165, 1.54) is 0 Å². The first-order valence-electron chi connectivity index (χ1n) is 8.62. The van der Waals surface area contributed by atoms with Crippen LogP contribution in [-0.4, -0.2) is 15.0 Å². The Kier molecular flexibility index (Phi) is 4.74. The van der Waals surface area contributed by atoms with E-state index >= 15 is 0 Å². The summed E-state index contributed by atoms with van der Waals surface area (Å²) in [5.41, 5.74) is 3.84. The van der Waals surface area contributed by atoms with E-state index < -0.39 is 0 Å². The maximum Gasteiger partial charge on any atom is 0.227 e. The molecule has 0 saturated heterocycles. The summed E-state index contributed by atoms with van der Waals surface area (Å²) in [5.74, 6) is 2.08. The molecule has 5 heteroatoms. The lowest BCUT2D eigenvalue weighted by Gasteiger charge is -2.11. The molecule has 0 amide bonds. The molecule has 5 nitrogen and oxygen atoms in total. The smallest absolute Gasteiger partial charge is 0.227 e. The molecular formula is C22H18N4O. The Morgan fingerprint density at radius 3 is 2.41 bits per heavy atom. The van der Waals surface area contributed by atoms with Crippen LogP contribution in [0.4, 0.5) is 11.5 Å². The molecule has 0 aliphatic heterocycles. The second-order valence-corrected chi connectivity index (χ2v) is 6.01. The Labute approximate surface area is 157 Å². The van der Waals surface area contributed by atoms with Gasteiger partial charge in [-0.15, -0.1) is 0 Å². The summed E-state index contributed by atoms with van der Waals surface area (Å²) in [6.45, 7) is 1.97. The lowest BCUT2D eigenvalue weighted by molar-refractivity contribution is 0.465. The van der Waals surface area contributed by atoms with Crippen LogP contribution in [-0.2, 0) is 0 Å². The maximum absolute atomic E-state index is 6.03. The summed E-state index contributed by atoms with van der Waals surface area (Å²) in [7, 11) is 0. The van der Waals surface area contributed by atoms with Crippen LogP contribution in [0, 0.1) is 6.92 Å². The quantitative estimate of drug-likeness (QED) is 0.521. The monoisotopic (exact) mass is 354 g/mol. The summed E-state index contributed by atoms with van der Waals surface area (Å²) in [4.78, 5) is 12.9. The molecule has 132 valence electrons. The van der Waals surface area contributed by atoms with Crippen molar-refractivity contribution in [2.45, 2.75) is 6.92 Å². The first-order chi connectivity index (χ1) is 13.3. The maximum atomic E-state index is 6.03. The molecular weight excluding hydrogens is 336 g/mol. The highest BCUT2D eigenvalue weighted by atomic mass is 16.5. The molecule has 0 aliphatic rings. The molecule has 0 unspecified atom stereocenters. The van der Waals surface area contributed by atoms with Gasteiger partial charge >= 0.3 is 0 Å². The van der Waals surface area contributed by atoms with Crippen molar-refractivity contribution >= 4 is 11.5 Å². The molecule has 4 aromatic rings. The Morgan fingerprint density at radius 2 is 1.63 bits per heavy atom. The van der Waals surface area contributed by atoms with Gasteiger partial charge in [0.05, 0.1) is 0 Å². The number of benzene rings is 1. The average molecular weight is 354 g/mol. The Balaban J connectivity index is 1.55. The highest BCUT2D eigenvalue weighted by Crippen LogP contribution is 2.31. The Bertz CT molecular complexity index is 1030. The zero-order valence-electron chi connectivity index (χ0n) is 14.8. The van der Waals surface area contributed by atoms with Crippen LogP contribution in [0.1, 0.15) is 5.69 Å². The van der Waals surface area contributed by atoms with Crippen molar-refractivity contribution < 1.29 is 4.74 Å². The lowest BCUT2D eigenvalue weighted by Crippen LogP contribution is -1.94. The predicted octanol–water partition coefficient (Wildman–Crippen LogP) is 5.38. The van der Waals surface area contributed by atoms with Gasteiger partial charge in [0.2, 0.25) is 5.88 Å². The van der Waals surface area contributed by atoms with E-state index in [1.807, 2.05) is 73.7 Å². The van der Waals surface area contributed by atoms with Crippen LogP contribution in [0.5, 0.6) is 11.6 Å². The SMILES string of the molecule is Cc1cc(-c2cccnc2Oc2ccc(Nc3ccccn3)cc2)ccn1. The van der Waals surface area contributed by atoms with Crippen LogP contribution in [0.2, 0.25) is 0 Å². The molecule has 0 saturated carbocycles. The second kappa shape index (κ2) is 7.66. The molecule has 0 spiro atoms. The number of aromatic nitrogens is 3. The number of hydrogen-bond donors (Lipinski definition) is 1. The van der Waals surface area contributed by atoms with E-state index in [2.05, 4.69) is 20.3 Å². The van der Waals surface area contributed by atoms with Crippen molar-refractivity contribution in [3.63, 3.8) is 0 Å². The summed E-state index contributed by atoms with van der Waals surface area (Å²) >= 11 is 0. The number of hydrogen-bond acceptors (Lipinski definition) is 5. The van der Waals surface area contributed by atoms with Gasteiger partial charge in [-0.1, -0.05) is 6.07 Å². The number of nitrogens with zero attached hydrogens (tertiary/aromatic N) is 3. The van der Waals surface area contributed by atoms with Crippen molar-refractivity contribution in [3.8, 4) is 22.8 Å². The van der Waals surface area contributed by atoms with Crippen molar-refractivity contribution in [1.29, 1.82) is 0 Å². The first-order valence-corrected chi connectivity index (χ1v) is 8.62. The van der Waals surface area contributed by atoms with Crippen molar-refractivity contribution in [3.05, 3.63) is 91.0 Å². The molecule has 0 radical (unpaired) electrons. The van der Waals surface area contributed by atoms with Crippen LogP contribution in [0.15, 0.2) is 85.3 Å².